The Morgan fingerprint density at radius 2 is 1.61 bits per heavy atom. The summed E-state index contributed by atoms with van der Waals surface area (Å²) in [5.41, 5.74) is 6.01. The van der Waals surface area contributed by atoms with E-state index in [1.165, 1.54) is 4.90 Å². The molecule has 0 spiro atoms. The smallest absolute Gasteiger partial charge is 0.251 e. The summed E-state index contributed by atoms with van der Waals surface area (Å²) in [5.74, 6) is 0.0609. The number of amides is 4. The number of anilines is 1. The van der Waals surface area contributed by atoms with Gasteiger partial charge in [-0.2, -0.15) is 5.26 Å². The number of unbranched alkanes of at least 4 members (excludes halogenated alkanes) is 1. The molecule has 2 fully saturated rings. The monoisotopic (exact) mass is 1000 g/mol. The second-order valence-electron chi connectivity index (χ2n) is 21.1. The summed E-state index contributed by atoms with van der Waals surface area (Å²) < 4.78 is 6.37. The van der Waals surface area contributed by atoms with Gasteiger partial charge in [0.2, 0.25) is 17.7 Å². The van der Waals surface area contributed by atoms with Crippen molar-refractivity contribution in [2.24, 2.45) is 16.2 Å². The second kappa shape index (κ2) is 21.6. The van der Waals surface area contributed by atoms with Gasteiger partial charge in [0.1, 0.15) is 35.8 Å². The van der Waals surface area contributed by atoms with Crippen molar-refractivity contribution in [2.45, 2.75) is 124 Å². The minimum absolute atomic E-state index is 0.000453. The predicted octanol–water partition coefficient (Wildman–Crippen LogP) is 9.27. The number of aliphatic hydroxyl groups excluding tert-OH is 1. The summed E-state index contributed by atoms with van der Waals surface area (Å²) in [4.78, 5) is 66.1. The number of hydrogen-bond donors (Lipinski definition) is 5. The number of nitrogens with zero attached hydrogens (tertiary/aromatic N) is 4. The van der Waals surface area contributed by atoms with E-state index >= 15 is 0 Å². The van der Waals surface area contributed by atoms with E-state index in [0.29, 0.717) is 47.1 Å². The van der Waals surface area contributed by atoms with Gasteiger partial charge >= 0.3 is 0 Å². The summed E-state index contributed by atoms with van der Waals surface area (Å²) in [6.45, 7) is 18.3. The SMILES string of the molecule is Cc1ncsc1-c1ccc([C@H](C)NC(=O)[C@@H]2C[C@@H](O)CN2C(=O)[C@@H](NC(=O)CCCCNc2ccc(-c3ccc(C(=O)NC4C(C)(C)C(Oc5ccc(C#N)c(Cl)c5)C4(C)C)cc3)cn2)C(C)(C)C)cc1. The molecule has 1 aliphatic heterocycles. The average molecular weight is 1000 g/mol. The first-order valence-electron chi connectivity index (χ1n) is 24.1. The Morgan fingerprint density at radius 1 is 0.930 bits per heavy atom. The molecule has 3 aromatic carbocycles. The number of aromatic nitrogens is 2. The number of carbonyl (C=O) groups excluding carboxylic acids is 4. The van der Waals surface area contributed by atoms with Gasteiger partial charge in [-0.1, -0.05) is 96.5 Å². The van der Waals surface area contributed by atoms with Gasteiger partial charge in [0.25, 0.3) is 5.91 Å². The molecular formula is C55H65ClN8O6S. The molecule has 1 saturated heterocycles. The third-order valence-electron chi connectivity index (χ3n) is 13.9. The van der Waals surface area contributed by atoms with Crippen molar-refractivity contribution < 1.29 is 29.0 Å². The van der Waals surface area contributed by atoms with Crippen molar-refractivity contribution >= 4 is 52.4 Å². The zero-order valence-electron chi connectivity index (χ0n) is 41.9. The van der Waals surface area contributed by atoms with E-state index in [9.17, 15) is 29.5 Å². The maximum atomic E-state index is 14.1. The molecule has 14 nitrogen and oxygen atoms in total. The molecule has 374 valence electrons. The van der Waals surface area contributed by atoms with Crippen LogP contribution < -0.4 is 26.0 Å². The molecule has 5 N–H and O–H groups in total. The number of nitrogens with one attached hydrogen (secondary N) is 4. The number of pyridine rings is 1. The first kappa shape index (κ1) is 52.5. The van der Waals surface area contributed by atoms with Gasteiger partial charge in [-0.3, -0.25) is 19.2 Å². The largest absolute Gasteiger partial charge is 0.489 e. The van der Waals surface area contributed by atoms with Crippen LogP contribution in [-0.2, 0) is 14.4 Å². The number of rotatable bonds is 17. The number of thiazole rings is 1. The Bertz CT molecular complexity index is 2750. The van der Waals surface area contributed by atoms with Crippen molar-refractivity contribution in [1.29, 1.82) is 5.26 Å². The predicted molar refractivity (Wildman–Crippen MR) is 278 cm³/mol. The van der Waals surface area contributed by atoms with E-state index in [4.69, 9.17) is 16.3 Å². The van der Waals surface area contributed by atoms with Crippen molar-refractivity contribution in [1.82, 2.24) is 30.8 Å². The lowest BCUT2D eigenvalue weighted by atomic mass is 9.49. The molecule has 71 heavy (non-hydrogen) atoms. The fourth-order valence-corrected chi connectivity index (χ4v) is 11.2. The topological polar surface area (TPSA) is 199 Å². The van der Waals surface area contributed by atoms with Crippen LogP contribution in [0.3, 0.4) is 0 Å². The van der Waals surface area contributed by atoms with E-state index in [0.717, 1.165) is 32.8 Å². The molecular weight excluding hydrogens is 936 g/mol. The molecule has 2 aliphatic rings. The van der Waals surface area contributed by atoms with Gasteiger partial charge in [-0.15, -0.1) is 11.3 Å². The Labute approximate surface area is 426 Å². The molecule has 0 bridgehead atoms. The minimum Gasteiger partial charge on any atom is -0.489 e. The third-order valence-corrected chi connectivity index (χ3v) is 15.2. The Hall–Kier alpha value is -6.34. The van der Waals surface area contributed by atoms with Crippen molar-refractivity contribution in [2.75, 3.05) is 18.4 Å². The zero-order chi connectivity index (χ0) is 51.4. The van der Waals surface area contributed by atoms with Crippen molar-refractivity contribution in [3.8, 4) is 33.4 Å². The number of aliphatic hydroxyl groups is 1. The van der Waals surface area contributed by atoms with Gasteiger partial charge in [-0.05, 0) is 85.2 Å². The Balaban J connectivity index is 0.847. The van der Waals surface area contributed by atoms with Crippen LogP contribution in [0.5, 0.6) is 5.75 Å². The summed E-state index contributed by atoms with van der Waals surface area (Å²) >= 11 is 7.83. The molecule has 0 unspecified atom stereocenters. The van der Waals surface area contributed by atoms with E-state index in [2.05, 4.69) is 65.0 Å². The maximum absolute atomic E-state index is 14.1. The number of likely N-dealkylation sites (tertiary alicyclic amines) is 1. The van der Waals surface area contributed by atoms with Crippen LogP contribution in [-0.4, -0.2) is 87.0 Å². The minimum atomic E-state index is -0.908. The third kappa shape index (κ3) is 11.9. The van der Waals surface area contributed by atoms with E-state index in [1.807, 2.05) is 88.7 Å². The van der Waals surface area contributed by atoms with Gasteiger partial charge < -0.3 is 36.0 Å². The number of aryl methyl sites for hydroxylation is 1. The van der Waals surface area contributed by atoms with Gasteiger partial charge in [-0.25, -0.2) is 9.97 Å². The lowest BCUT2D eigenvalue weighted by molar-refractivity contribution is -0.164. The van der Waals surface area contributed by atoms with Gasteiger partial charge in [0.15, 0.2) is 0 Å². The molecule has 4 amide bonds. The molecule has 1 saturated carbocycles. The van der Waals surface area contributed by atoms with Crippen LogP contribution in [0.1, 0.15) is 114 Å². The molecule has 7 rings (SSSR count). The lowest BCUT2D eigenvalue weighted by Crippen LogP contribution is -2.74. The first-order chi connectivity index (χ1) is 33.6. The number of β-amino-alcohol motifs (C(OH)–C–C–N with tert-alkyl or cyclic N) is 1. The zero-order valence-corrected chi connectivity index (χ0v) is 43.5. The summed E-state index contributed by atoms with van der Waals surface area (Å²) in [6.07, 6.45) is 2.24. The molecule has 16 heteroatoms. The van der Waals surface area contributed by atoms with E-state index < -0.39 is 40.3 Å². The van der Waals surface area contributed by atoms with Gasteiger partial charge in [0, 0.05) is 66.2 Å². The highest BCUT2D eigenvalue weighted by Crippen LogP contribution is 2.55. The molecule has 3 heterocycles. The van der Waals surface area contributed by atoms with Crippen LogP contribution >= 0.6 is 22.9 Å². The van der Waals surface area contributed by atoms with E-state index in [-0.39, 0.29) is 55.3 Å². The standard InChI is InChI=1S/C55H65ClN8O6S/c1-32(34-13-17-36(18-14-34)46-33(2)60-31-71-46)61-49(68)43-26-40(65)30-64(43)50(69)47(53(3,4)5)62-45(66)12-10-11-25-58-44-24-22-39(29-59-44)35-15-19-37(20-16-35)48(67)63-51-54(6,7)52(55(51,8)9)70-41-23-21-38(28-57)42(56)27-41/h13-24,27,29,31-32,40,43,47,51-52,65H,10-12,25-26,30H2,1-9H3,(H,58,59)(H,61,68)(H,62,66)(H,63,67)/t32-,40+,43-,47+,51?,52?/m0/s1. The lowest BCUT2D eigenvalue weighted by Gasteiger charge is -2.63. The number of halogens is 1. The molecule has 4 atom stereocenters. The normalized spacial score (nSPS) is 19.9. The maximum Gasteiger partial charge on any atom is 0.251 e. The number of carbonyl (C=O) groups is 4. The van der Waals surface area contributed by atoms with Gasteiger partial charge in [0.05, 0.1) is 38.8 Å². The summed E-state index contributed by atoms with van der Waals surface area (Å²) in [7, 11) is 0. The number of nitriles is 1. The Kier molecular flexibility index (Phi) is 15.9. The molecule has 2 aromatic heterocycles. The highest BCUT2D eigenvalue weighted by molar-refractivity contribution is 7.13. The fourth-order valence-electron chi connectivity index (χ4n) is 10.2. The average Bonchev–Trinajstić information content (AvgIpc) is 3.96. The fraction of sp³-hybridized carbons (Fsp3) is 0.436. The van der Waals surface area contributed by atoms with Crippen LogP contribution in [0.15, 0.2) is 90.6 Å². The summed E-state index contributed by atoms with van der Waals surface area (Å²) in [6, 6.07) is 24.0. The molecule has 5 aromatic rings. The van der Waals surface area contributed by atoms with Crippen LogP contribution in [0.4, 0.5) is 5.82 Å². The number of hydrogen-bond acceptors (Lipinski definition) is 11. The van der Waals surface area contributed by atoms with Crippen LogP contribution in [0.2, 0.25) is 5.02 Å². The number of benzene rings is 3. The Morgan fingerprint density at radius 3 is 2.21 bits per heavy atom. The quantitative estimate of drug-likeness (QED) is 0.0560. The molecule has 0 radical (unpaired) electrons. The molecule has 1 aliphatic carbocycles. The second-order valence-corrected chi connectivity index (χ2v) is 22.3. The first-order valence-corrected chi connectivity index (χ1v) is 25.4. The van der Waals surface area contributed by atoms with Crippen molar-refractivity contribution in [3.05, 3.63) is 118 Å². The highest BCUT2D eigenvalue weighted by Gasteiger charge is 2.64. The highest BCUT2D eigenvalue weighted by atomic mass is 35.5. The van der Waals surface area contributed by atoms with Crippen LogP contribution in [0, 0.1) is 34.5 Å². The summed E-state index contributed by atoms with van der Waals surface area (Å²) in [5, 5.41) is 32.8. The van der Waals surface area contributed by atoms with E-state index in [1.54, 1.807) is 47.9 Å². The van der Waals surface area contributed by atoms with Crippen LogP contribution in [0.25, 0.3) is 21.6 Å². The number of ether oxygens (including phenoxy) is 1. The van der Waals surface area contributed by atoms with Crippen molar-refractivity contribution in [3.63, 3.8) is 0 Å².